The first-order valence-corrected chi connectivity index (χ1v) is 8.43. The molecule has 0 spiro atoms. The SMILES string of the molecule is Cc1csc(C(NC(C)c2cccc(CO)c2)C2CC2)n1. The van der Waals surface area contributed by atoms with Crippen LogP contribution in [0.5, 0.6) is 0 Å². The summed E-state index contributed by atoms with van der Waals surface area (Å²) in [6, 6.07) is 8.78. The number of nitrogens with zero attached hydrogens (tertiary/aromatic N) is 1. The van der Waals surface area contributed by atoms with Gasteiger partial charge in [-0.2, -0.15) is 0 Å². The van der Waals surface area contributed by atoms with Crippen molar-refractivity contribution in [1.29, 1.82) is 0 Å². The highest BCUT2D eigenvalue weighted by Crippen LogP contribution is 2.43. The minimum Gasteiger partial charge on any atom is -0.392 e. The second kappa shape index (κ2) is 6.26. The third-order valence-corrected chi connectivity index (χ3v) is 5.11. The third-order valence-electron chi connectivity index (χ3n) is 4.06. The van der Waals surface area contributed by atoms with Crippen molar-refractivity contribution in [2.45, 2.75) is 45.4 Å². The molecule has 2 N–H and O–H groups in total. The molecule has 3 rings (SSSR count). The molecule has 2 unspecified atom stereocenters. The van der Waals surface area contributed by atoms with Gasteiger partial charge in [-0.05, 0) is 43.7 Å². The van der Waals surface area contributed by atoms with Crippen molar-refractivity contribution < 1.29 is 5.11 Å². The minimum absolute atomic E-state index is 0.0955. The molecule has 1 aromatic carbocycles. The molecule has 0 radical (unpaired) electrons. The van der Waals surface area contributed by atoms with Gasteiger partial charge in [0.25, 0.3) is 0 Å². The number of nitrogens with one attached hydrogen (secondary N) is 1. The molecule has 1 fully saturated rings. The predicted molar refractivity (Wildman–Crippen MR) is 86.2 cm³/mol. The molecule has 21 heavy (non-hydrogen) atoms. The van der Waals surface area contributed by atoms with E-state index < -0.39 is 0 Å². The number of aromatic nitrogens is 1. The van der Waals surface area contributed by atoms with E-state index in [9.17, 15) is 5.11 Å². The lowest BCUT2D eigenvalue weighted by Crippen LogP contribution is -2.26. The molecule has 1 aliphatic carbocycles. The lowest BCUT2D eigenvalue weighted by Gasteiger charge is -2.22. The predicted octanol–water partition coefficient (Wildman–Crippen LogP) is 3.75. The Kier molecular flexibility index (Phi) is 4.38. The summed E-state index contributed by atoms with van der Waals surface area (Å²) < 4.78 is 0. The maximum atomic E-state index is 9.28. The molecule has 0 saturated heterocycles. The van der Waals surface area contributed by atoms with Gasteiger partial charge in [0, 0.05) is 17.1 Å². The second-order valence-electron chi connectivity index (χ2n) is 5.93. The van der Waals surface area contributed by atoms with E-state index in [-0.39, 0.29) is 12.6 Å². The quantitative estimate of drug-likeness (QED) is 0.854. The summed E-state index contributed by atoms with van der Waals surface area (Å²) in [4.78, 5) is 4.67. The summed E-state index contributed by atoms with van der Waals surface area (Å²) in [6.45, 7) is 4.34. The molecule has 2 aromatic rings. The van der Waals surface area contributed by atoms with Crippen molar-refractivity contribution in [3.63, 3.8) is 0 Å². The molecule has 1 heterocycles. The Morgan fingerprint density at radius 1 is 1.43 bits per heavy atom. The fourth-order valence-electron chi connectivity index (χ4n) is 2.68. The molecule has 3 nitrogen and oxygen atoms in total. The summed E-state index contributed by atoms with van der Waals surface area (Å²) >= 11 is 1.76. The Balaban J connectivity index is 1.76. The van der Waals surface area contributed by atoms with E-state index in [2.05, 4.69) is 41.7 Å². The first-order valence-electron chi connectivity index (χ1n) is 7.55. The van der Waals surface area contributed by atoms with Crippen LogP contribution in [0.25, 0.3) is 0 Å². The molecule has 2 atom stereocenters. The highest BCUT2D eigenvalue weighted by molar-refractivity contribution is 7.09. The standard InChI is InChI=1S/C17H22N2OS/c1-11-10-21-17(18-11)16(14-6-7-14)19-12(2)15-5-3-4-13(8-15)9-20/h3-5,8,10,12,14,16,19-20H,6-7,9H2,1-2H3. The largest absolute Gasteiger partial charge is 0.392 e. The smallest absolute Gasteiger partial charge is 0.110 e. The molecule has 1 saturated carbocycles. The van der Waals surface area contributed by atoms with E-state index >= 15 is 0 Å². The molecule has 112 valence electrons. The number of aliphatic hydroxyl groups is 1. The monoisotopic (exact) mass is 302 g/mol. The van der Waals surface area contributed by atoms with Crippen LogP contribution < -0.4 is 5.32 Å². The summed E-state index contributed by atoms with van der Waals surface area (Å²) in [5.41, 5.74) is 3.30. The number of aliphatic hydroxyl groups excluding tert-OH is 1. The third kappa shape index (κ3) is 3.51. The van der Waals surface area contributed by atoms with Gasteiger partial charge in [0.15, 0.2) is 0 Å². The van der Waals surface area contributed by atoms with Crippen LogP contribution in [0, 0.1) is 12.8 Å². The van der Waals surface area contributed by atoms with E-state index in [1.807, 2.05) is 12.1 Å². The molecule has 1 aliphatic rings. The van der Waals surface area contributed by atoms with Crippen LogP contribution in [0.3, 0.4) is 0 Å². The molecule has 0 aliphatic heterocycles. The van der Waals surface area contributed by atoms with Crippen LogP contribution in [0.15, 0.2) is 29.6 Å². The zero-order valence-corrected chi connectivity index (χ0v) is 13.4. The lowest BCUT2D eigenvalue weighted by molar-refractivity contribution is 0.281. The number of hydrogen-bond donors (Lipinski definition) is 2. The van der Waals surface area contributed by atoms with Gasteiger partial charge < -0.3 is 10.4 Å². The van der Waals surface area contributed by atoms with Gasteiger partial charge in [-0.25, -0.2) is 4.98 Å². The van der Waals surface area contributed by atoms with Crippen LogP contribution in [0.1, 0.15) is 53.7 Å². The van der Waals surface area contributed by atoms with Gasteiger partial charge in [-0.1, -0.05) is 24.3 Å². The number of rotatable bonds is 6. The summed E-state index contributed by atoms with van der Waals surface area (Å²) in [7, 11) is 0. The molecule has 1 aromatic heterocycles. The highest BCUT2D eigenvalue weighted by Gasteiger charge is 2.34. The lowest BCUT2D eigenvalue weighted by atomic mass is 10.0. The van der Waals surface area contributed by atoms with E-state index in [1.165, 1.54) is 23.4 Å². The van der Waals surface area contributed by atoms with E-state index in [4.69, 9.17) is 0 Å². The zero-order chi connectivity index (χ0) is 14.8. The van der Waals surface area contributed by atoms with Crippen LogP contribution in [0.4, 0.5) is 0 Å². The van der Waals surface area contributed by atoms with Crippen molar-refractivity contribution in [3.05, 3.63) is 51.5 Å². The Labute approximate surface area is 130 Å². The topological polar surface area (TPSA) is 45.1 Å². The second-order valence-corrected chi connectivity index (χ2v) is 6.82. The fourth-order valence-corrected chi connectivity index (χ4v) is 3.63. The summed E-state index contributed by atoms with van der Waals surface area (Å²) in [6.07, 6.45) is 2.58. The van der Waals surface area contributed by atoms with Crippen molar-refractivity contribution in [2.24, 2.45) is 5.92 Å². The first-order chi connectivity index (χ1) is 10.2. The molecule has 0 amide bonds. The van der Waals surface area contributed by atoms with Crippen LogP contribution >= 0.6 is 11.3 Å². The summed E-state index contributed by atoms with van der Waals surface area (Å²) in [5, 5.41) is 16.4. The van der Waals surface area contributed by atoms with E-state index in [1.54, 1.807) is 11.3 Å². The van der Waals surface area contributed by atoms with Gasteiger partial charge in [0.05, 0.1) is 12.6 Å². The van der Waals surface area contributed by atoms with Crippen molar-refractivity contribution in [3.8, 4) is 0 Å². The Morgan fingerprint density at radius 3 is 2.86 bits per heavy atom. The van der Waals surface area contributed by atoms with E-state index in [0.717, 1.165) is 17.2 Å². The van der Waals surface area contributed by atoms with Gasteiger partial charge in [0.1, 0.15) is 5.01 Å². The zero-order valence-electron chi connectivity index (χ0n) is 12.5. The van der Waals surface area contributed by atoms with E-state index in [0.29, 0.717) is 6.04 Å². The van der Waals surface area contributed by atoms with Crippen molar-refractivity contribution in [2.75, 3.05) is 0 Å². The van der Waals surface area contributed by atoms with Gasteiger partial charge in [-0.15, -0.1) is 11.3 Å². The minimum atomic E-state index is 0.0955. The van der Waals surface area contributed by atoms with Crippen LogP contribution in [-0.4, -0.2) is 10.1 Å². The van der Waals surface area contributed by atoms with Crippen molar-refractivity contribution in [1.82, 2.24) is 10.3 Å². The number of aryl methyl sites for hydroxylation is 1. The van der Waals surface area contributed by atoms with Crippen LogP contribution in [-0.2, 0) is 6.61 Å². The Hall–Kier alpha value is -1.23. The highest BCUT2D eigenvalue weighted by atomic mass is 32.1. The number of benzene rings is 1. The van der Waals surface area contributed by atoms with Gasteiger partial charge in [-0.3, -0.25) is 0 Å². The average molecular weight is 302 g/mol. The van der Waals surface area contributed by atoms with Crippen molar-refractivity contribution >= 4 is 11.3 Å². The Morgan fingerprint density at radius 2 is 2.24 bits per heavy atom. The van der Waals surface area contributed by atoms with Gasteiger partial charge in [0.2, 0.25) is 0 Å². The normalized spacial score (nSPS) is 17.7. The molecule has 4 heteroatoms. The first kappa shape index (κ1) is 14.7. The van der Waals surface area contributed by atoms with Crippen LogP contribution in [0.2, 0.25) is 0 Å². The molecule has 0 bridgehead atoms. The average Bonchev–Trinajstić information content (AvgIpc) is 3.26. The molecular formula is C17H22N2OS. The number of thiazole rings is 1. The maximum Gasteiger partial charge on any atom is 0.110 e. The molecular weight excluding hydrogens is 280 g/mol. The van der Waals surface area contributed by atoms with Gasteiger partial charge >= 0.3 is 0 Å². The Bertz CT molecular complexity index is 606. The maximum absolute atomic E-state index is 9.28. The number of hydrogen-bond acceptors (Lipinski definition) is 4. The summed E-state index contributed by atoms with van der Waals surface area (Å²) in [5.74, 6) is 0.721. The fraction of sp³-hybridized carbons (Fsp3) is 0.471.